The van der Waals surface area contributed by atoms with E-state index in [1.165, 1.54) is 11.8 Å². The second-order valence-electron chi connectivity index (χ2n) is 7.51. The quantitative estimate of drug-likeness (QED) is 0.599. The molecule has 1 aromatic heterocycles. The number of hydrogen-bond donors (Lipinski definition) is 2. The summed E-state index contributed by atoms with van der Waals surface area (Å²) in [7, 11) is 2.16. The molecule has 0 saturated carbocycles. The fourth-order valence-corrected chi connectivity index (χ4v) is 3.50. The molecule has 0 unspecified atom stereocenters. The van der Waals surface area contributed by atoms with Crippen molar-refractivity contribution in [3.8, 4) is 11.3 Å². The number of rotatable bonds is 6. The zero-order valence-electron chi connectivity index (χ0n) is 17.6. The molecule has 1 fully saturated rings. The summed E-state index contributed by atoms with van der Waals surface area (Å²) in [6.45, 7) is 7.65. The summed E-state index contributed by atoms with van der Waals surface area (Å²) in [4.78, 5) is 25.3. The summed E-state index contributed by atoms with van der Waals surface area (Å²) in [5, 5.41) is 6.09. The van der Waals surface area contributed by atoms with E-state index in [2.05, 4.69) is 56.2 Å². The minimum Gasteiger partial charge on any atom is -0.369 e. The average molecular weight is 415 g/mol. The number of likely N-dealkylation sites (N-methyl/N-ethyl adjacent to an activating group) is 1. The Bertz CT molecular complexity index is 1070. The molecule has 1 aliphatic rings. The van der Waals surface area contributed by atoms with E-state index in [4.69, 9.17) is 0 Å². The molecule has 0 spiro atoms. The van der Waals surface area contributed by atoms with Gasteiger partial charge in [-0.15, -0.1) is 0 Å². The van der Waals surface area contributed by atoms with Gasteiger partial charge in [0.1, 0.15) is 0 Å². The van der Waals surface area contributed by atoms with Crippen LogP contribution in [0.2, 0.25) is 0 Å². The first-order chi connectivity index (χ1) is 15.1. The van der Waals surface area contributed by atoms with Gasteiger partial charge < -0.3 is 20.4 Å². The van der Waals surface area contributed by atoms with E-state index in [9.17, 15) is 4.79 Å². The highest BCUT2D eigenvalue weighted by atomic mass is 16.1. The molecule has 0 radical (unpaired) electrons. The van der Waals surface area contributed by atoms with Crippen molar-refractivity contribution in [1.29, 1.82) is 0 Å². The predicted octanol–water partition coefficient (Wildman–Crippen LogP) is 3.76. The van der Waals surface area contributed by atoms with Gasteiger partial charge in [0, 0.05) is 55.0 Å². The number of benzene rings is 2. The minimum absolute atomic E-state index is 0.248. The number of nitrogens with zero attached hydrogens (tertiary/aromatic N) is 4. The summed E-state index contributed by atoms with van der Waals surface area (Å²) in [5.41, 5.74) is 4.48. The van der Waals surface area contributed by atoms with Crippen LogP contribution in [0.1, 0.15) is 0 Å². The van der Waals surface area contributed by atoms with Crippen LogP contribution < -0.4 is 15.5 Å². The Balaban J connectivity index is 1.51. The molecule has 2 aromatic carbocycles. The van der Waals surface area contributed by atoms with Gasteiger partial charge in [-0.3, -0.25) is 4.79 Å². The predicted molar refractivity (Wildman–Crippen MR) is 126 cm³/mol. The maximum Gasteiger partial charge on any atom is 0.247 e. The van der Waals surface area contributed by atoms with E-state index in [0.717, 1.165) is 43.1 Å². The minimum atomic E-state index is -0.248. The van der Waals surface area contributed by atoms with Crippen LogP contribution >= 0.6 is 0 Å². The highest BCUT2D eigenvalue weighted by Crippen LogP contribution is 2.25. The van der Waals surface area contributed by atoms with E-state index in [-0.39, 0.29) is 5.91 Å². The molecule has 7 nitrogen and oxygen atoms in total. The van der Waals surface area contributed by atoms with Crippen LogP contribution in [0, 0.1) is 0 Å². The molecule has 31 heavy (non-hydrogen) atoms. The normalized spacial score (nSPS) is 14.2. The van der Waals surface area contributed by atoms with Crippen molar-refractivity contribution in [3.05, 3.63) is 73.4 Å². The standard InChI is InChI=1S/C24H26N6O/c1-3-23(31)26-19-7-4-6-18(16-19)22-10-11-25-24(28-22)27-20-8-5-9-21(17-20)30-14-12-29(2)13-15-30/h3-11,16-17H,1,12-15H2,2H3,(H,26,31)(H,25,27,28). The number of carbonyl (C=O) groups excluding carboxylic acids is 1. The Morgan fingerprint density at radius 1 is 1.03 bits per heavy atom. The maximum absolute atomic E-state index is 11.6. The van der Waals surface area contributed by atoms with Crippen LogP contribution in [0.3, 0.4) is 0 Å². The summed E-state index contributed by atoms with van der Waals surface area (Å²) in [6, 6.07) is 17.7. The fraction of sp³-hybridized carbons (Fsp3) is 0.208. The maximum atomic E-state index is 11.6. The van der Waals surface area contributed by atoms with Gasteiger partial charge in [-0.05, 0) is 49.5 Å². The molecule has 1 saturated heterocycles. The molecule has 0 bridgehead atoms. The first-order valence-corrected chi connectivity index (χ1v) is 10.3. The number of anilines is 4. The van der Waals surface area contributed by atoms with Gasteiger partial charge in [-0.25, -0.2) is 9.97 Å². The van der Waals surface area contributed by atoms with Crippen LogP contribution in [0.4, 0.5) is 23.0 Å². The molecule has 7 heteroatoms. The lowest BCUT2D eigenvalue weighted by Crippen LogP contribution is -2.44. The second-order valence-corrected chi connectivity index (χ2v) is 7.51. The van der Waals surface area contributed by atoms with Crippen LogP contribution in [-0.2, 0) is 4.79 Å². The topological polar surface area (TPSA) is 73.4 Å². The molecule has 3 aromatic rings. The number of hydrogen-bond acceptors (Lipinski definition) is 6. The summed E-state index contributed by atoms with van der Waals surface area (Å²) < 4.78 is 0. The van der Waals surface area contributed by atoms with Crippen molar-refractivity contribution >= 4 is 28.9 Å². The number of aromatic nitrogens is 2. The van der Waals surface area contributed by atoms with E-state index < -0.39 is 0 Å². The molecule has 1 amide bonds. The second kappa shape index (κ2) is 9.40. The summed E-state index contributed by atoms with van der Waals surface area (Å²) in [5.74, 6) is 0.274. The van der Waals surface area contributed by atoms with E-state index >= 15 is 0 Å². The fourth-order valence-electron chi connectivity index (χ4n) is 3.50. The molecule has 1 aliphatic heterocycles. The number of piperazine rings is 1. The lowest BCUT2D eigenvalue weighted by molar-refractivity contribution is -0.111. The Hall–Kier alpha value is -3.71. The average Bonchev–Trinajstić information content (AvgIpc) is 2.80. The van der Waals surface area contributed by atoms with E-state index in [1.54, 1.807) is 6.20 Å². The SMILES string of the molecule is C=CC(=O)Nc1cccc(-c2ccnc(Nc3cccc(N4CCN(C)CC4)c3)n2)c1. The van der Waals surface area contributed by atoms with Crippen molar-refractivity contribution in [2.75, 3.05) is 48.8 Å². The summed E-state index contributed by atoms with van der Waals surface area (Å²) in [6.07, 6.45) is 2.97. The van der Waals surface area contributed by atoms with E-state index in [1.807, 2.05) is 42.5 Å². The Labute approximate surface area is 182 Å². The van der Waals surface area contributed by atoms with Gasteiger partial charge in [0.2, 0.25) is 11.9 Å². The monoisotopic (exact) mass is 414 g/mol. The van der Waals surface area contributed by atoms with Gasteiger partial charge >= 0.3 is 0 Å². The molecule has 2 N–H and O–H groups in total. The summed E-state index contributed by atoms with van der Waals surface area (Å²) >= 11 is 0. The smallest absolute Gasteiger partial charge is 0.247 e. The molecule has 2 heterocycles. The van der Waals surface area contributed by atoms with Crippen molar-refractivity contribution in [2.45, 2.75) is 0 Å². The Kier molecular flexibility index (Phi) is 6.24. The number of nitrogens with one attached hydrogen (secondary N) is 2. The van der Waals surface area contributed by atoms with Crippen LogP contribution in [0.5, 0.6) is 0 Å². The molecular formula is C24H26N6O. The number of amides is 1. The van der Waals surface area contributed by atoms with Gasteiger partial charge in [-0.2, -0.15) is 0 Å². The third-order valence-corrected chi connectivity index (χ3v) is 5.24. The van der Waals surface area contributed by atoms with Crippen LogP contribution in [0.15, 0.2) is 73.4 Å². The Morgan fingerprint density at radius 3 is 2.61 bits per heavy atom. The van der Waals surface area contributed by atoms with Crippen molar-refractivity contribution in [1.82, 2.24) is 14.9 Å². The first-order valence-electron chi connectivity index (χ1n) is 10.3. The van der Waals surface area contributed by atoms with Crippen LogP contribution in [0.25, 0.3) is 11.3 Å². The van der Waals surface area contributed by atoms with Gasteiger partial charge in [-0.1, -0.05) is 24.8 Å². The lowest BCUT2D eigenvalue weighted by Gasteiger charge is -2.34. The first kappa shape index (κ1) is 20.6. The zero-order valence-corrected chi connectivity index (χ0v) is 17.6. The Morgan fingerprint density at radius 2 is 1.81 bits per heavy atom. The van der Waals surface area contributed by atoms with E-state index in [0.29, 0.717) is 11.6 Å². The molecule has 0 atom stereocenters. The third kappa shape index (κ3) is 5.26. The molecular weight excluding hydrogens is 388 g/mol. The van der Waals surface area contributed by atoms with Crippen molar-refractivity contribution in [3.63, 3.8) is 0 Å². The number of carbonyl (C=O) groups is 1. The highest BCUT2D eigenvalue weighted by molar-refractivity contribution is 5.99. The zero-order chi connectivity index (χ0) is 21.6. The van der Waals surface area contributed by atoms with Crippen molar-refractivity contribution < 1.29 is 4.79 Å². The van der Waals surface area contributed by atoms with Gasteiger partial charge in [0.15, 0.2) is 0 Å². The molecule has 4 rings (SSSR count). The molecule has 158 valence electrons. The van der Waals surface area contributed by atoms with Crippen LogP contribution in [-0.4, -0.2) is 54.0 Å². The van der Waals surface area contributed by atoms with Gasteiger partial charge in [0.05, 0.1) is 5.69 Å². The third-order valence-electron chi connectivity index (χ3n) is 5.24. The lowest BCUT2D eigenvalue weighted by atomic mass is 10.1. The van der Waals surface area contributed by atoms with Crippen molar-refractivity contribution in [2.24, 2.45) is 0 Å². The highest BCUT2D eigenvalue weighted by Gasteiger charge is 2.14. The van der Waals surface area contributed by atoms with Gasteiger partial charge in [0.25, 0.3) is 0 Å². The largest absolute Gasteiger partial charge is 0.369 e. The molecule has 0 aliphatic carbocycles.